The van der Waals surface area contributed by atoms with E-state index in [1.54, 1.807) is 19.1 Å². The summed E-state index contributed by atoms with van der Waals surface area (Å²) in [5.74, 6) is 0.203. The Bertz CT molecular complexity index is 891. The molecule has 0 spiro atoms. The molecule has 0 aliphatic carbocycles. The van der Waals surface area contributed by atoms with Crippen molar-refractivity contribution < 1.29 is 28.5 Å². The summed E-state index contributed by atoms with van der Waals surface area (Å²) in [5, 5.41) is 0. The van der Waals surface area contributed by atoms with Crippen molar-refractivity contribution in [2.75, 3.05) is 32.3 Å². The molecule has 0 aliphatic rings. The molecule has 0 radical (unpaired) electrons. The van der Waals surface area contributed by atoms with Crippen LogP contribution in [0, 0.1) is 27.7 Å². The Kier molecular flexibility index (Phi) is 9.78. The molecule has 0 unspecified atom stereocenters. The summed E-state index contributed by atoms with van der Waals surface area (Å²) < 4.78 is 22.0. The fraction of sp³-hybridized carbons (Fsp3) is 0.481. The third kappa shape index (κ3) is 6.01. The predicted octanol–water partition coefficient (Wildman–Crippen LogP) is 5.35. The SMILES string of the molecule is CCCOC(=O)C(C(=O)OCCC)N(c1cc(C)c(OC)c(C)c1)c1cc(C)c(OC)c(C)c1. The lowest BCUT2D eigenvalue weighted by molar-refractivity contribution is -0.156. The van der Waals surface area contributed by atoms with Crippen LogP contribution in [0.5, 0.6) is 11.5 Å². The number of methoxy groups -OCH3 is 2. The highest BCUT2D eigenvalue weighted by Gasteiger charge is 2.38. The van der Waals surface area contributed by atoms with Gasteiger partial charge < -0.3 is 23.8 Å². The van der Waals surface area contributed by atoms with Crippen molar-refractivity contribution in [2.24, 2.45) is 0 Å². The van der Waals surface area contributed by atoms with Crippen molar-refractivity contribution in [3.8, 4) is 11.5 Å². The van der Waals surface area contributed by atoms with Crippen LogP contribution in [0.4, 0.5) is 11.4 Å². The van der Waals surface area contributed by atoms with Crippen LogP contribution in [-0.4, -0.2) is 45.4 Å². The molecule has 0 bridgehead atoms. The molecule has 34 heavy (non-hydrogen) atoms. The Labute approximate surface area is 202 Å². The second-order valence-electron chi connectivity index (χ2n) is 8.33. The van der Waals surface area contributed by atoms with Gasteiger partial charge in [-0.25, -0.2) is 9.59 Å². The minimum Gasteiger partial charge on any atom is -0.496 e. The molecule has 2 aromatic carbocycles. The van der Waals surface area contributed by atoms with Gasteiger partial charge in [0.05, 0.1) is 27.4 Å². The van der Waals surface area contributed by atoms with Crippen molar-refractivity contribution in [2.45, 2.75) is 60.4 Å². The molecular formula is C27H37NO6. The maximum absolute atomic E-state index is 13.3. The van der Waals surface area contributed by atoms with Crippen LogP contribution in [0.3, 0.4) is 0 Å². The summed E-state index contributed by atoms with van der Waals surface area (Å²) in [7, 11) is 3.24. The van der Waals surface area contributed by atoms with Crippen LogP contribution in [0.1, 0.15) is 48.9 Å². The molecule has 0 saturated carbocycles. The standard InChI is InChI=1S/C27H37NO6/c1-9-11-33-26(29)23(27(30)34-12-10-2)28(21-13-17(3)24(31-7)18(4)14-21)22-15-19(5)25(32-8)20(6)16-22/h13-16,23H,9-12H2,1-8H3. The van der Waals surface area contributed by atoms with Crippen LogP contribution in [0.25, 0.3) is 0 Å². The molecule has 0 aliphatic heterocycles. The Hall–Kier alpha value is -3.22. The summed E-state index contributed by atoms with van der Waals surface area (Å²) in [6.07, 6.45) is 1.29. The third-order valence-electron chi connectivity index (χ3n) is 5.46. The lowest BCUT2D eigenvalue weighted by Gasteiger charge is -2.32. The normalized spacial score (nSPS) is 10.7. The smallest absolute Gasteiger partial charge is 0.340 e. The topological polar surface area (TPSA) is 74.3 Å². The first kappa shape index (κ1) is 27.0. The van der Waals surface area contributed by atoms with Gasteiger partial charge in [0.15, 0.2) is 0 Å². The molecule has 0 atom stereocenters. The molecular weight excluding hydrogens is 434 g/mol. The first-order chi connectivity index (χ1) is 16.2. The van der Waals surface area contributed by atoms with Gasteiger partial charge in [-0.3, -0.25) is 0 Å². The van der Waals surface area contributed by atoms with Gasteiger partial charge in [0.25, 0.3) is 0 Å². The molecule has 0 aromatic heterocycles. The van der Waals surface area contributed by atoms with Crippen LogP contribution in [-0.2, 0) is 19.1 Å². The fourth-order valence-electron chi connectivity index (χ4n) is 4.09. The van der Waals surface area contributed by atoms with E-state index in [0.29, 0.717) is 24.2 Å². The number of nitrogens with zero attached hydrogens (tertiary/aromatic N) is 1. The molecule has 7 heteroatoms. The first-order valence-corrected chi connectivity index (χ1v) is 11.6. The van der Waals surface area contributed by atoms with Gasteiger partial charge in [-0.05, 0) is 87.1 Å². The maximum atomic E-state index is 13.3. The first-order valence-electron chi connectivity index (χ1n) is 11.6. The molecule has 0 fully saturated rings. The number of aryl methyl sites for hydroxylation is 4. The van der Waals surface area contributed by atoms with Gasteiger partial charge in [-0.15, -0.1) is 0 Å². The van der Waals surface area contributed by atoms with Crippen molar-refractivity contribution in [3.05, 3.63) is 46.5 Å². The zero-order valence-corrected chi connectivity index (χ0v) is 21.6. The van der Waals surface area contributed by atoms with E-state index in [-0.39, 0.29) is 13.2 Å². The highest BCUT2D eigenvalue weighted by atomic mass is 16.6. The number of ether oxygens (including phenoxy) is 4. The van der Waals surface area contributed by atoms with E-state index < -0.39 is 18.0 Å². The van der Waals surface area contributed by atoms with Crippen LogP contribution < -0.4 is 14.4 Å². The lowest BCUT2D eigenvalue weighted by Crippen LogP contribution is -2.46. The molecule has 0 N–H and O–H groups in total. The number of carbonyl (C=O) groups is 2. The minimum atomic E-state index is -1.31. The number of rotatable bonds is 11. The number of esters is 2. The van der Waals surface area contributed by atoms with E-state index >= 15 is 0 Å². The Morgan fingerprint density at radius 1 is 0.706 bits per heavy atom. The highest BCUT2D eigenvalue weighted by molar-refractivity contribution is 6.04. The van der Waals surface area contributed by atoms with E-state index in [4.69, 9.17) is 18.9 Å². The number of hydrogen-bond donors (Lipinski definition) is 0. The zero-order chi connectivity index (χ0) is 25.4. The number of carbonyl (C=O) groups excluding carboxylic acids is 2. The quantitative estimate of drug-likeness (QED) is 0.323. The second kappa shape index (κ2) is 12.3. The van der Waals surface area contributed by atoms with Gasteiger partial charge >= 0.3 is 11.9 Å². The van der Waals surface area contributed by atoms with Crippen LogP contribution in [0.15, 0.2) is 24.3 Å². The van der Waals surface area contributed by atoms with Crippen molar-refractivity contribution in [1.82, 2.24) is 0 Å². The Morgan fingerprint density at radius 3 is 1.29 bits per heavy atom. The summed E-state index contributed by atoms with van der Waals surface area (Å²) in [6.45, 7) is 12.0. The minimum absolute atomic E-state index is 0.214. The van der Waals surface area contributed by atoms with Gasteiger partial charge in [0.1, 0.15) is 11.5 Å². The van der Waals surface area contributed by atoms with Gasteiger partial charge in [-0.1, -0.05) is 13.8 Å². The molecule has 7 nitrogen and oxygen atoms in total. The fourth-order valence-corrected chi connectivity index (χ4v) is 4.09. The van der Waals surface area contributed by atoms with Gasteiger partial charge in [0, 0.05) is 11.4 Å². The number of benzene rings is 2. The molecule has 0 amide bonds. The van der Waals surface area contributed by atoms with E-state index in [2.05, 4.69) is 0 Å². The summed E-state index contributed by atoms with van der Waals surface area (Å²) in [6, 6.07) is 6.28. The molecule has 186 valence electrons. The van der Waals surface area contributed by atoms with Crippen LogP contribution >= 0.6 is 0 Å². The van der Waals surface area contributed by atoms with E-state index in [0.717, 1.165) is 33.8 Å². The van der Waals surface area contributed by atoms with E-state index in [1.807, 2.05) is 65.8 Å². The van der Waals surface area contributed by atoms with Gasteiger partial charge in [-0.2, -0.15) is 0 Å². The van der Waals surface area contributed by atoms with Crippen molar-refractivity contribution >= 4 is 23.3 Å². The molecule has 0 saturated heterocycles. The number of anilines is 2. The average molecular weight is 472 g/mol. The highest BCUT2D eigenvalue weighted by Crippen LogP contribution is 2.37. The molecule has 0 heterocycles. The third-order valence-corrected chi connectivity index (χ3v) is 5.46. The Morgan fingerprint density at radius 2 is 1.03 bits per heavy atom. The summed E-state index contributed by atoms with van der Waals surface area (Å²) in [4.78, 5) is 28.2. The van der Waals surface area contributed by atoms with Crippen molar-refractivity contribution in [1.29, 1.82) is 0 Å². The largest absolute Gasteiger partial charge is 0.496 e. The molecule has 2 rings (SSSR count). The van der Waals surface area contributed by atoms with Gasteiger partial charge in [0.2, 0.25) is 6.04 Å². The maximum Gasteiger partial charge on any atom is 0.340 e. The van der Waals surface area contributed by atoms with Crippen molar-refractivity contribution in [3.63, 3.8) is 0 Å². The summed E-state index contributed by atoms with van der Waals surface area (Å²) in [5.41, 5.74) is 4.84. The van der Waals surface area contributed by atoms with Crippen LogP contribution in [0.2, 0.25) is 0 Å². The van der Waals surface area contributed by atoms with E-state index in [1.165, 1.54) is 0 Å². The van der Waals surface area contributed by atoms with E-state index in [9.17, 15) is 9.59 Å². The Balaban J connectivity index is 2.78. The molecule has 2 aromatic rings. The average Bonchev–Trinajstić information content (AvgIpc) is 2.78. The number of hydrogen-bond acceptors (Lipinski definition) is 7. The second-order valence-corrected chi connectivity index (χ2v) is 8.33. The lowest BCUT2D eigenvalue weighted by atomic mass is 10.0. The zero-order valence-electron chi connectivity index (χ0n) is 21.6. The monoisotopic (exact) mass is 471 g/mol. The summed E-state index contributed by atoms with van der Waals surface area (Å²) >= 11 is 0. The predicted molar refractivity (Wildman–Crippen MR) is 133 cm³/mol.